The molecule has 0 radical (unpaired) electrons. The maximum absolute atomic E-state index is 10.7. The zero-order chi connectivity index (χ0) is 12.1. The number of aliphatic carboxylic acids is 1. The average Bonchev–Trinajstić information content (AvgIpc) is 2.79. The molecule has 0 aliphatic carbocycles. The van der Waals surface area contributed by atoms with Crippen molar-refractivity contribution >= 4 is 17.7 Å². The first kappa shape index (κ1) is 12.3. The lowest BCUT2D eigenvalue weighted by molar-refractivity contribution is -0.138. The predicted molar refractivity (Wildman–Crippen MR) is 67.4 cm³/mol. The molecular formula is C12H15NO3S. The van der Waals surface area contributed by atoms with Crippen LogP contribution in [0.15, 0.2) is 30.3 Å². The van der Waals surface area contributed by atoms with Crippen LogP contribution in [0.4, 0.5) is 0 Å². The van der Waals surface area contributed by atoms with E-state index in [1.54, 1.807) is 11.8 Å². The number of ether oxygens (including phenoxy) is 1. The van der Waals surface area contributed by atoms with Crippen molar-refractivity contribution in [2.45, 2.75) is 17.8 Å². The molecular weight excluding hydrogens is 238 g/mol. The molecule has 1 aromatic carbocycles. The number of carboxylic acid groups (broad SMARTS) is 1. The van der Waals surface area contributed by atoms with Crippen molar-refractivity contribution in [2.75, 3.05) is 12.4 Å². The lowest BCUT2D eigenvalue weighted by Gasteiger charge is -2.11. The number of carbonyl (C=O) groups is 1. The first-order valence-electron chi connectivity index (χ1n) is 5.54. The summed E-state index contributed by atoms with van der Waals surface area (Å²) in [5.41, 5.74) is 0. The van der Waals surface area contributed by atoms with E-state index in [4.69, 9.17) is 9.84 Å². The van der Waals surface area contributed by atoms with Crippen LogP contribution in [0.3, 0.4) is 0 Å². The summed E-state index contributed by atoms with van der Waals surface area (Å²) in [7, 11) is 0. The van der Waals surface area contributed by atoms with Gasteiger partial charge < -0.3 is 9.84 Å². The summed E-state index contributed by atoms with van der Waals surface area (Å²) in [5.74, 6) is 0.708. The summed E-state index contributed by atoms with van der Waals surface area (Å²) in [6.07, 6.45) is 0.809. The fourth-order valence-corrected chi connectivity index (χ4v) is 2.83. The van der Waals surface area contributed by atoms with Crippen molar-refractivity contribution in [1.82, 2.24) is 5.32 Å². The topological polar surface area (TPSA) is 58.6 Å². The van der Waals surface area contributed by atoms with E-state index in [1.807, 2.05) is 30.3 Å². The average molecular weight is 253 g/mol. The van der Waals surface area contributed by atoms with Gasteiger partial charge in [-0.25, -0.2) is 0 Å². The van der Waals surface area contributed by atoms with E-state index in [0.717, 1.165) is 12.2 Å². The van der Waals surface area contributed by atoms with Crippen molar-refractivity contribution in [3.05, 3.63) is 30.3 Å². The minimum atomic E-state index is -0.774. The number of nitrogens with one attached hydrogen (secondary N) is 1. The van der Waals surface area contributed by atoms with E-state index in [2.05, 4.69) is 5.32 Å². The van der Waals surface area contributed by atoms with Crippen molar-refractivity contribution in [2.24, 2.45) is 0 Å². The first-order valence-corrected chi connectivity index (χ1v) is 6.59. The Morgan fingerprint density at radius 1 is 1.47 bits per heavy atom. The maximum Gasteiger partial charge on any atom is 0.321 e. The molecule has 4 nitrogen and oxygen atoms in total. The normalized spacial score (nSPS) is 23.5. The predicted octanol–water partition coefficient (Wildman–Crippen LogP) is 1.57. The standard InChI is InChI=1S/C12H15NO3S/c14-12(15)10-8-17-11(13-10)6-7-16-9-4-2-1-3-5-9/h1-5,10-11,13H,6-8H2,(H,14,15). The highest BCUT2D eigenvalue weighted by Gasteiger charge is 2.28. The van der Waals surface area contributed by atoms with Crippen LogP contribution in [0.25, 0.3) is 0 Å². The fraction of sp³-hybridized carbons (Fsp3) is 0.417. The molecule has 1 aromatic rings. The summed E-state index contributed by atoms with van der Waals surface area (Å²) >= 11 is 1.64. The Balaban J connectivity index is 1.68. The number of thioether (sulfide) groups is 1. The van der Waals surface area contributed by atoms with Crippen molar-refractivity contribution in [1.29, 1.82) is 0 Å². The second-order valence-corrected chi connectivity index (χ2v) is 5.07. The highest BCUT2D eigenvalue weighted by Crippen LogP contribution is 2.21. The van der Waals surface area contributed by atoms with Crippen LogP contribution in [0.5, 0.6) is 5.75 Å². The molecule has 1 aliphatic heterocycles. The van der Waals surface area contributed by atoms with Crippen molar-refractivity contribution < 1.29 is 14.6 Å². The fourth-order valence-electron chi connectivity index (χ4n) is 1.64. The van der Waals surface area contributed by atoms with Gasteiger partial charge in [-0.15, -0.1) is 11.8 Å². The summed E-state index contributed by atoms with van der Waals surface area (Å²) in [5, 5.41) is 12.1. The molecule has 1 fully saturated rings. The quantitative estimate of drug-likeness (QED) is 0.834. The largest absolute Gasteiger partial charge is 0.494 e. The molecule has 0 aromatic heterocycles. The first-order chi connectivity index (χ1) is 8.25. The Morgan fingerprint density at radius 3 is 2.88 bits per heavy atom. The highest BCUT2D eigenvalue weighted by molar-refractivity contribution is 8.00. The van der Waals surface area contributed by atoms with E-state index in [-0.39, 0.29) is 5.37 Å². The zero-order valence-electron chi connectivity index (χ0n) is 9.33. The van der Waals surface area contributed by atoms with Gasteiger partial charge in [-0.3, -0.25) is 10.1 Å². The molecule has 2 unspecified atom stereocenters. The second kappa shape index (κ2) is 5.93. The molecule has 0 bridgehead atoms. The molecule has 2 N–H and O–H groups in total. The molecule has 2 rings (SSSR count). The number of benzene rings is 1. The van der Waals surface area contributed by atoms with Crippen LogP contribution >= 0.6 is 11.8 Å². The van der Waals surface area contributed by atoms with Gasteiger partial charge in [-0.1, -0.05) is 18.2 Å². The van der Waals surface area contributed by atoms with Gasteiger partial charge in [-0.2, -0.15) is 0 Å². The van der Waals surface area contributed by atoms with Gasteiger partial charge in [0, 0.05) is 12.2 Å². The SMILES string of the molecule is O=C(O)C1CSC(CCOc2ccccc2)N1. The van der Waals surface area contributed by atoms with Gasteiger partial charge in [0.1, 0.15) is 11.8 Å². The Hall–Kier alpha value is -1.20. The van der Waals surface area contributed by atoms with Crippen LogP contribution in [0, 0.1) is 0 Å². The minimum absolute atomic E-state index is 0.180. The Bertz CT molecular complexity index is 371. The van der Waals surface area contributed by atoms with E-state index in [9.17, 15) is 4.79 Å². The molecule has 17 heavy (non-hydrogen) atoms. The second-order valence-electron chi connectivity index (χ2n) is 3.83. The molecule has 1 aliphatic rings. The molecule has 1 saturated heterocycles. The molecule has 0 amide bonds. The highest BCUT2D eigenvalue weighted by atomic mass is 32.2. The van der Waals surface area contributed by atoms with Crippen LogP contribution in [0.1, 0.15) is 6.42 Å². The number of carboxylic acids is 1. The third-order valence-electron chi connectivity index (χ3n) is 2.54. The van der Waals surface area contributed by atoms with Gasteiger partial charge in [0.2, 0.25) is 0 Å². The third kappa shape index (κ3) is 3.64. The molecule has 0 spiro atoms. The Kier molecular flexibility index (Phi) is 4.28. The smallest absolute Gasteiger partial charge is 0.321 e. The molecule has 0 saturated carbocycles. The lowest BCUT2D eigenvalue weighted by atomic mass is 10.3. The van der Waals surface area contributed by atoms with Gasteiger partial charge >= 0.3 is 5.97 Å². The van der Waals surface area contributed by atoms with Crippen LogP contribution in [-0.2, 0) is 4.79 Å². The van der Waals surface area contributed by atoms with Gasteiger partial charge in [0.25, 0.3) is 0 Å². The van der Waals surface area contributed by atoms with Crippen LogP contribution in [0.2, 0.25) is 0 Å². The zero-order valence-corrected chi connectivity index (χ0v) is 10.2. The summed E-state index contributed by atoms with van der Waals surface area (Å²) < 4.78 is 5.56. The summed E-state index contributed by atoms with van der Waals surface area (Å²) in [4.78, 5) is 10.7. The van der Waals surface area contributed by atoms with Gasteiger partial charge in [0.15, 0.2) is 0 Å². The van der Waals surface area contributed by atoms with E-state index in [0.29, 0.717) is 12.4 Å². The lowest BCUT2D eigenvalue weighted by Crippen LogP contribution is -2.36. The van der Waals surface area contributed by atoms with Crippen LogP contribution in [-0.4, -0.2) is 34.9 Å². The molecule has 2 atom stereocenters. The minimum Gasteiger partial charge on any atom is -0.494 e. The Labute approximate surface area is 104 Å². The number of rotatable bonds is 5. The van der Waals surface area contributed by atoms with E-state index in [1.165, 1.54) is 0 Å². The van der Waals surface area contributed by atoms with E-state index >= 15 is 0 Å². The number of hydrogen-bond acceptors (Lipinski definition) is 4. The van der Waals surface area contributed by atoms with E-state index < -0.39 is 12.0 Å². The van der Waals surface area contributed by atoms with Crippen molar-refractivity contribution in [3.63, 3.8) is 0 Å². The number of para-hydroxylation sites is 1. The van der Waals surface area contributed by atoms with Crippen LogP contribution < -0.4 is 10.1 Å². The maximum atomic E-state index is 10.7. The summed E-state index contributed by atoms with van der Waals surface area (Å²) in [6.45, 7) is 0.598. The van der Waals surface area contributed by atoms with Gasteiger partial charge in [0.05, 0.1) is 12.0 Å². The molecule has 92 valence electrons. The molecule has 1 heterocycles. The third-order valence-corrected chi connectivity index (χ3v) is 3.84. The monoisotopic (exact) mass is 253 g/mol. The number of hydrogen-bond donors (Lipinski definition) is 2. The molecule has 5 heteroatoms. The Morgan fingerprint density at radius 2 is 2.24 bits per heavy atom. The summed E-state index contributed by atoms with van der Waals surface area (Å²) in [6, 6.07) is 9.21. The van der Waals surface area contributed by atoms with Crippen molar-refractivity contribution in [3.8, 4) is 5.75 Å². The van der Waals surface area contributed by atoms with Gasteiger partial charge in [-0.05, 0) is 12.1 Å².